The van der Waals surface area contributed by atoms with E-state index in [-0.39, 0.29) is 0 Å². The fourth-order valence-electron chi connectivity index (χ4n) is 1.83. The molecular weight excluding hydrogens is 317 g/mol. The van der Waals surface area contributed by atoms with Gasteiger partial charge in [-0.1, -0.05) is 0 Å². The van der Waals surface area contributed by atoms with Gasteiger partial charge in [0.25, 0.3) is 5.91 Å². The predicted molar refractivity (Wildman–Crippen MR) is 60.8 cm³/mol. The third-order valence-electron chi connectivity index (χ3n) is 2.68. The molecule has 8 N–H and O–H groups in total. The highest BCUT2D eigenvalue weighted by Gasteiger charge is 2.63. The molecule has 0 aliphatic carbocycles. The van der Waals surface area contributed by atoms with Crippen molar-refractivity contribution in [2.24, 2.45) is 0 Å². The first kappa shape index (κ1) is 18.4. The lowest BCUT2D eigenvalue weighted by Gasteiger charge is -2.50. The second-order valence-electron chi connectivity index (χ2n) is 4.41. The summed E-state index contributed by atoms with van der Waals surface area (Å²) >= 11 is 0. The molecule has 0 radical (unpaired) electrons. The van der Waals surface area contributed by atoms with Crippen LogP contribution in [-0.4, -0.2) is 77.8 Å². The largest absolute Gasteiger partial charge is 0.472 e. The van der Waals surface area contributed by atoms with Crippen LogP contribution in [0.2, 0.25) is 0 Å². The number of carbonyl (C=O) groups excluding carboxylic acids is 1. The number of rotatable bonds is 4. The maximum atomic E-state index is 11.0. The van der Waals surface area contributed by atoms with Gasteiger partial charge < -0.3 is 40.6 Å². The van der Waals surface area contributed by atoms with Gasteiger partial charge in [0.05, 0.1) is 0 Å². The summed E-state index contributed by atoms with van der Waals surface area (Å²) in [5.74, 6) is -7.01. The lowest BCUT2D eigenvalue weighted by molar-refractivity contribution is -0.433. The first-order valence-electron chi connectivity index (χ1n) is 5.49. The number of carbonyl (C=O) groups is 1. The molecule has 1 amide bonds. The summed E-state index contributed by atoms with van der Waals surface area (Å²) in [4.78, 5) is 28.5. The van der Waals surface area contributed by atoms with Gasteiger partial charge in [0.1, 0.15) is 18.8 Å². The highest BCUT2D eigenvalue weighted by molar-refractivity contribution is 7.46. The number of phosphoric ester groups is 1. The zero-order valence-corrected chi connectivity index (χ0v) is 11.5. The van der Waals surface area contributed by atoms with Crippen molar-refractivity contribution in [3.63, 3.8) is 0 Å². The Balaban J connectivity index is 3.25. The quantitative estimate of drug-likeness (QED) is 0.182. The summed E-state index contributed by atoms with van der Waals surface area (Å²) in [5.41, 5.74) is 0. The molecule has 1 heterocycles. The molecule has 1 aliphatic rings. The van der Waals surface area contributed by atoms with Gasteiger partial charge in [0.2, 0.25) is 11.7 Å². The Bertz CT molecular complexity index is 454. The molecule has 1 rings (SSSR count). The number of hydrogen-bond donors (Lipinski definition) is 8. The average Bonchev–Trinajstić information content (AvgIpc) is 2.31. The molecule has 1 unspecified atom stereocenters. The van der Waals surface area contributed by atoms with Crippen LogP contribution in [0.25, 0.3) is 0 Å². The van der Waals surface area contributed by atoms with E-state index in [1.165, 1.54) is 0 Å². The van der Waals surface area contributed by atoms with Crippen LogP contribution >= 0.6 is 7.82 Å². The SMILES string of the molecule is CC(=O)NC1(O)O[C@](CO)(OP(=O)(O)O)[C@@H](O)[C@H](O)[C@H]1O. The molecule has 0 bridgehead atoms. The van der Waals surface area contributed by atoms with Gasteiger partial charge in [-0.15, -0.1) is 0 Å². The van der Waals surface area contributed by atoms with E-state index in [1.807, 2.05) is 0 Å². The van der Waals surface area contributed by atoms with Gasteiger partial charge in [-0.3, -0.25) is 9.53 Å². The van der Waals surface area contributed by atoms with Crippen molar-refractivity contribution in [1.82, 2.24) is 5.32 Å². The predicted octanol–water partition coefficient (Wildman–Crippen LogP) is -4.32. The van der Waals surface area contributed by atoms with Crippen molar-refractivity contribution in [3.05, 3.63) is 0 Å². The fraction of sp³-hybridized carbons (Fsp3) is 0.875. The number of nitrogens with one attached hydrogen (secondary N) is 1. The molecule has 124 valence electrons. The second-order valence-corrected chi connectivity index (χ2v) is 5.58. The third kappa shape index (κ3) is 3.76. The molecule has 0 aromatic rings. The minimum atomic E-state index is -5.35. The van der Waals surface area contributed by atoms with Gasteiger partial charge >= 0.3 is 7.82 Å². The molecule has 0 aromatic carbocycles. The smallest absolute Gasteiger partial charge is 0.391 e. The summed E-state index contributed by atoms with van der Waals surface area (Å²) in [6, 6.07) is 0. The highest BCUT2D eigenvalue weighted by atomic mass is 31.2. The summed E-state index contributed by atoms with van der Waals surface area (Å²) in [7, 11) is -5.35. The van der Waals surface area contributed by atoms with Gasteiger partial charge in [0, 0.05) is 6.92 Å². The van der Waals surface area contributed by atoms with E-state index in [1.54, 1.807) is 5.32 Å². The minimum absolute atomic E-state index is 0.899. The number of aliphatic hydroxyl groups excluding tert-OH is 4. The summed E-state index contributed by atoms with van der Waals surface area (Å²) < 4.78 is 19.6. The van der Waals surface area contributed by atoms with Crippen molar-refractivity contribution < 1.29 is 53.9 Å². The van der Waals surface area contributed by atoms with Gasteiger partial charge in [-0.2, -0.15) is 0 Å². The molecule has 0 aromatic heterocycles. The Labute approximate surface area is 117 Å². The lowest BCUT2D eigenvalue weighted by atomic mass is 9.94. The second kappa shape index (κ2) is 5.85. The number of ether oxygens (including phenoxy) is 1. The Morgan fingerprint density at radius 3 is 2.24 bits per heavy atom. The maximum Gasteiger partial charge on any atom is 0.472 e. The Hall–Kier alpha value is -0.660. The third-order valence-corrected chi connectivity index (χ3v) is 3.22. The minimum Gasteiger partial charge on any atom is -0.391 e. The zero-order chi connectivity index (χ0) is 16.6. The average molecular weight is 333 g/mol. The monoisotopic (exact) mass is 333 g/mol. The lowest BCUT2D eigenvalue weighted by Crippen LogP contribution is -2.76. The van der Waals surface area contributed by atoms with Crippen LogP contribution in [0.5, 0.6) is 0 Å². The van der Waals surface area contributed by atoms with Crippen molar-refractivity contribution in [2.45, 2.75) is 36.9 Å². The number of phosphoric acid groups is 1. The fourth-order valence-corrected chi connectivity index (χ4v) is 2.43. The summed E-state index contributed by atoms with van der Waals surface area (Å²) in [6.07, 6.45) is -6.91. The van der Waals surface area contributed by atoms with Crippen LogP contribution in [-0.2, 0) is 18.6 Å². The zero-order valence-electron chi connectivity index (χ0n) is 10.6. The van der Waals surface area contributed by atoms with Crippen LogP contribution in [0.15, 0.2) is 0 Å². The molecule has 0 spiro atoms. The first-order chi connectivity index (χ1) is 9.37. The standard InChI is InChI=1S/C8H16NO11P/c1-3(11)9-8(15)6(14)4(12)5(13)7(2-10,19-8)20-21(16,17)18/h4-6,10,12-15H,2H2,1H3,(H,9,11)(H2,16,17,18)/t4-,5-,6+,7+,8?/m0/s1. The van der Waals surface area contributed by atoms with Gasteiger partial charge in [0.15, 0.2) is 6.10 Å². The van der Waals surface area contributed by atoms with Crippen molar-refractivity contribution >= 4 is 13.7 Å². The Morgan fingerprint density at radius 2 is 1.86 bits per heavy atom. The van der Waals surface area contributed by atoms with E-state index < -0.39 is 50.3 Å². The number of aliphatic hydroxyl groups is 5. The topological polar surface area (TPSA) is 206 Å². The van der Waals surface area contributed by atoms with E-state index in [0.29, 0.717) is 0 Å². The molecule has 1 aliphatic heterocycles. The Morgan fingerprint density at radius 1 is 1.33 bits per heavy atom. The molecule has 13 heteroatoms. The molecular formula is C8H16NO11P. The molecule has 21 heavy (non-hydrogen) atoms. The highest BCUT2D eigenvalue weighted by Crippen LogP contribution is 2.47. The van der Waals surface area contributed by atoms with Crippen molar-refractivity contribution in [2.75, 3.05) is 6.61 Å². The van der Waals surface area contributed by atoms with E-state index in [2.05, 4.69) is 9.26 Å². The maximum absolute atomic E-state index is 11.0. The van der Waals surface area contributed by atoms with Gasteiger partial charge in [-0.05, 0) is 0 Å². The molecule has 12 nitrogen and oxygen atoms in total. The summed E-state index contributed by atoms with van der Waals surface area (Å²) in [6.45, 7) is -0.527. The number of amides is 1. The van der Waals surface area contributed by atoms with E-state index >= 15 is 0 Å². The van der Waals surface area contributed by atoms with Crippen LogP contribution in [0.1, 0.15) is 6.92 Å². The normalized spacial score (nSPS) is 40.9. The molecule has 1 fully saturated rings. The number of hydrogen-bond acceptors (Lipinski definition) is 9. The van der Waals surface area contributed by atoms with E-state index in [0.717, 1.165) is 6.92 Å². The van der Waals surface area contributed by atoms with Crippen molar-refractivity contribution in [3.8, 4) is 0 Å². The van der Waals surface area contributed by atoms with Gasteiger partial charge in [-0.25, -0.2) is 9.09 Å². The van der Waals surface area contributed by atoms with Crippen LogP contribution in [0.4, 0.5) is 0 Å². The molecule has 1 saturated heterocycles. The molecule has 5 atom stereocenters. The Kier molecular flexibility index (Phi) is 5.12. The summed E-state index contributed by atoms with van der Waals surface area (Å²) in [5, 5.41) is 49.7. The van der Waals surface area contributed by atoms with E-state index in [9.17, 15) is 34.9 Å². The van der Waals surface area contributed by atoms with Crippen molar-refractivity contribution in [1.29, 1.82) is 0 Å². The van der Waals surface area contributed by atoms with Crippen LogP contribution < -0.4 is 5.32 Å². The van der Waals surface area contributed by atoms with Crippen LogP contribution in [0.3, 0.4) is 0 Å². The van der Waals surface area contributed by atoms with Crippen LogP contribution in [0, 0.1) is 0 Å². The van der Waals surface area contributed by atoms with E-state index in [4.69, 9.17) is 9.79 Å². The molecule has 0 saturated carbocycles. The first-order valence-corrected chi connectivity index (χ1v) is 7.02.